The molecule has 0 saturated heterocycles. The van der Waals surface area contributed by atoms with Crippen molar-refractivity contribution in [2.45, 2.75) is 20.1 Å². The molecule has 2 rings (SSSR count). The second-order valence-electron chi connectivity index (χ2n) is 7.31. The van der Waals surface area contributed by atoms with E-state index in [1.165, 1.54) is 5.56 Å². The highest BCUT2D eigenvalue weighted by molar-refractivity contribution is 14.0. The van der Waals surface area contributed by atoms with Gasteiger partial charge in [-0.25, -0.2) is 0 Å². The maximum absolute atomic E-state index is 11.9. The summed E-state index contributed by atoms with van der Waals surface area (Å²) in [5.74, 6) is 1.10. The van der Waals surface area contributed by atoms with Crippen LogP contribution in [-0.2, 0) is 17.9 Å². The maximum Gasteiger partial charge on any atom is 0.253 e. The summed E-state index contributed by atoms with van der Waals surface area (Å²) >= 11 is 0. The summed E-state index contributed by atoms with van der Waals surface area (Å²) in [6.45, 7) is 4.86. The average molecular weight is 524 g/mol. The lowest BCUT2D eigenvalue weighted by molar-refractivity contribution is 0.0827. The average Bonchev–Trinajstić information content (AvgIpc) is 2.74. The van der Waals surface area contributed by atoms with Crippen molar-refractivity contribution in [3.05, 3.63) is 71.3 Å². The van der Waals surface area contributed by atoms with Gasteiger partial charge in [0, 0.05) is 39.8 Å². The fourth-order valence-electron chi connectivity index (χ4n) is 2.71. The van der Waals surface area contributed by atoms with Gasteiger partial charge in [-0.15, -0.1) is 24.0 Å². The predicted octanol–water partition coefficient (Wildman–Crippen LogP) is 3.52. The maximum atomic E-state index is 11.9. The minimum absolute atomic E-state index is 0. The third kappa shape index (κ3) is 9.13. The first-order valence-corrected chi connectivity index (χ1v) is 9.86. The van der Waals surface area contributed by atoms with Gasteiger partial charge in [-0.2, -0.15) is 0 Å². The number of halogens is 1. The van der Waals surface area contributed by atoms with Crippen LogP contribution in [0.3, 0.4) is 0 Å². The molecule has 0 spiro atoms. The zero-order chi connectivity index (χ0) is 21.1. The third-order valence-corrected chi connectivity index (χ3v) is 4.42. The number of benzene rings is 2. The molecule has 2 N–H and O–H groups in total. The van der Waals surface area contributed by atoms with Crippen molar-refractivity contribution in [2.24, 2.45) is 10.9 Å². The molecule has 6 nitrogen and oxygen atoms in total. The van der Waals surface area contributed by atoms with Gasteiger partial charge in [-0.05, 0) is 29.2 Å². The van der Waals surface area contributed by atoms with Crippen LogP contribution in [0.5, 0.6) is 0 Å². The van der Waals surface area contributed by atoms with Crippen LogP contribution in [0, 0.1) is 5.92 Å². The molecule has 7 heteroatoms. The first-order chi connectivity index (χ1) is 14.0. The zero-order valence-electron chi connectivity index (χ0n) is 18.2. The van der Waals surface area contributed by atoms with Crippen molar-refractivity contribution in [1.29, 1.82) is 0 Å². The fourth-order valence-corrected chi connectivity index (χ4v) is 2.71. The molecule has 0 aliphatic heterocycles. The summed E-state index contributed by atoms with van der Waals surface area (Å²) in [7, 11) is 5.26. The lowest BCUT2D eigenvalue weighted by Crippen LogP contribution is -2.39. The Morgan fingerprint density at radius 2 is 1.70 bits per heavy atom. The van der Waals surface area contributed by atoms with Crippen molar-refractivity contribution in [3.8, 4) is 0 Å². The van der Waals surface area contributed by atoms with Gasteiger partial charge in [-0.3, -0.25) is 9.79 Å². The van der Waals surface area contributed by atoms with E-state index in [9.17, 15) is 4.79 Å². The molecule has 0 aliphatic rings. The molecule has 1 unspecified atom stereocenters. The smallest absolute Gasteiger partial charge is 0.253 e. The Bertz CT molecular complexity index is 780. The summed E-state index contributed by atoms with van der Waals surface area (Å²) in [4.78, 5) is 17.8. The molecule has 0 bridgehead atoms. The quantitative estimate of drug-likeness (QED) is 0.300. The number of nitrogens with zero attached hydrogens (tertiary/aromatic N) is 2. The first kappa shape index (κ1) is 25.9. The minimum atomic E-state index is 0. The highest BCUT2D eigenvalue weighted by Gasteiger charge is 2.08. The molecule has 1 atom stereocenters. The fraction of sp³-hybridized carbons (Fsp3) is 0.391. The van der Waals surface area contributed by atoms with E-state index < -0.39 is 0 Å². The topological polar surface area (TPSA) is 66.0 Å². The van der Waals surface area contributed by atoms with Crippen molar-refractivity contribution < 1.29 is 9.53 Å². The van der Waals surface area contributed by atoms with Crippen molar-refractivity contribution >= 4 is 35.8 Å². The lowest BCUT2D eigenvalue weighted by atomic mass is 10.1. The van der Waals surface area contributed by atoms with Gasteiger partial charge in [0.2, 0.25) is 0 Å². The molecular weight excluding hydrogens is 491 g/mol. The Kier molecular flexibility index (Phi) is 12.1. The molecule has 0 fully saturated rings. The number of guanidine groups is 1. The van der Waals surface area contributed by atoms with Gasteiger partial charge in [0.1, 0.15) is 0 Å². The summed E-state index contributed by atoms with van der Waals surface area (Å²) in [5.41, 5.74) is 2.96. The molecule has 0 heterocycles. The molecule has 1 amide bonds. The predicted molar refractivity (Wildman–Crippen MR) is 133 cm³/mol. The number of carbonyl (C=O) groups is 1. The van der Waals surface area contributed by atoms with Crippen LogP contribution in [0.4, 0.5) is 0 Å². The Morgan fingerprint density at radius 3 is 2.30 bits per heavy atom. The van der Waals surface area contributed by atoms with Crippen LogP contribution in [0.1, 0.15) is 28.4 Å². The van der Waals surface area contributed by atoms with E-state index in [-0.39, 0.29) is 29.9 Å². The van der Waals surface area contributed by atoms with E-state index in [2.05, 4.69) is 34.7 Å². The Morgan fingerprint density at radius 1 is 1.03 bits per heavy atom. The Balaban J connectivity index is 0.00000450. The summed E-state index contributed by atoms with van der Waals surface area (Å²) in [5, 5.41) is 6.63. The van der Waals surface area contributed by atoms with Crippen molar-refractivity contribution in [3.63, 3.8) is 0 Å². The summed E-state index contributed by atoms with van der Waals surface area (Å²) in [6, 6.07) is 17.8. The third-order valence-electron chi connectivity index (χ3n) is 4.42. The molecule has 30 heavy (non-hydrogen) atoms. The molecule has 0 saturated carbocycles. The monoisotopic (exact) mass is 524 g/mol. The van der Waals surface area contributed by atoms with Gasteiger partial charge >= 0.3 is 0 Å². The zero-order valence-corrected chi connectivity index (χ0v) is 20.6. The Labute approximate surface area is 197 Å². The lowest BCUT2D eigenvalue weighted by Gasteiger charge is -2.16. The number of hydrogen-bond acceptors (Lipinski definition) is 3. The normalized spacial score (nSPS) is 11.9. The summed E-state index contributed by atoms with van der Waals surface area (Å²) in [6.07, 6.45) is 0. The number of rotatable bonds is 9. The highest BCUT2D eigenvalue weighted by atomic mass is 127. The van der Waals surface area contributed by atoms with Gasteiger partial charge in [0.15, 0.2) is 5.96 Å². The van der Waals surface area contributed by atoms with E-state index in [4.69, 9.17) is 4.74 Å². The molecule has 0 aromatic heterocycles. The van der Waals surface area contributed by atoms with Gasteiger partial charge < -0.3 is 20.3 Å². The standard InChI is InChI=1S/C23H32N4O2.HI/c1-18(16-29-17-20-8-6-5-7-9-20)14-25-23(24-2)26-15-19-10-12-21(13-11-19)22(28)27(3)4;/h5-13,18H,14-17H2,1-4H3,(H2,24,25,26);1H. The molecular formula is C23H33IN4O2. The molecule has 164 valence electrons. The summed E-state index contributed by atoms with van der Waals surface area (Å²) < 4.78 is 5.79. The number of aliphatic imine (C=N–C) groups is 1. The van der Waals surface area contributed by atoms with Crippen LogP contribution in [0.25, 0.3) is 0 Å². The van der Waals surface area contributed by atoms with E-state index in [1.54, 1.807) is 26.0 Å². The first-order valence-electron chi connectivity index (χ1n) is 9.86. The molecule has 2 aromatic rings. The number of nitrogens with one attached hydrogen (secondary N) is 2. The molecule has 0 radical (unpaired) electrons. The van der Waals surface area contributed by atoms with Crippen LogP contribution in [0.2, 0.25) is 0 Å². The van der Waals surface area contributed by atoms with Gasteiger partial charge in [0.05, 0.1) is 13.2 Å². The second kappa shape index (κ2) is 14.0. The molecule has 0 aliphatic carbocycles. The van der Waals surface area contributed by atoms with Crippen LogP contribution < -0.4 is 10.6 Å². The van der Waals surface area contributed by atoms with Gasteiger partial charge in [-0.1, -0.05) is 49.4 Å². The largest absolute Gasteiger partial charge is 0.376 e. The van der Waals surface area contributed by atoms with Crippen LogP contribution in [-0.4, -0.2) is 51.1 Å². The van der Waals surface area contributed by atoms with Crippen molar-refractivity contribution in [2.75, 3.05) is 34.3 Å². The van der Waals surface area contributed by atoms with E-state index in [0.29, 0.717) is 31.2 Å². The van der Waals surface area contributed by atoms with E-state index >= 15 is 0 Å². The van der Waals surface area contributed by atoms with E-state index in [0.717, 1.165) is 18.1 Å². The van der Waals surface area contributed by atoms with Crippen LogP contribution >= 0.6 is 24.0 Å². The van der Waals surface area contributed by atoms with Crippen molar-refractivity contribution in [1.82, 2.24) is 15.5 Å². The second-order valence-corrected chi connectivity index (χ2v) is 7.31. The van der Waals surface area contributed by atoms with Crippen LogP contribution in [0.15, 0.2) is 59.6 Å². The SMILES string of the molecule is CN=C(NCc1ccc(C(=O)N(C)C)cc1)NCC(C)COCc1ccccc1.I. The number of hydrogen-bond donors (Lipinski definition) is 2. The highest BCUT2D eigenvalue weighted by Crippen LogP contribution is 2.06. The number of ether oxygens (including phenoxy) is 1. The van der Waals surface area contributed by atoms with E-state index in [1.807, 2.05) is 42.5 Å². The van der Waals surface area contributed by atoms with Gasteiger partial charge in [0.25, 0.3) is 5.91 Å². The molecule has 2 aromatic carbocycles. The minimum Gasteiger partial charge on any atom is -0.376 e. The Hall–Kier alpha value is -2.13. The number of carbonyl (C=O) groups excluding carboxylic acids is 1. The number of amides is 1.